The molecule has 0 aliphatic heterocycles. The summed E-state index contributed by atoms with van der Waals surface area (Å²) in [6.45, 7) is 0. The Kier molecular flexibility index (Phi) is 2.80. The number of benzene rings is 1. The molecule has 0 unspecified atom stereocenters. The Morgan fingerprint density at radius 3 is 2.92 bits per heavy atom. The molecule has 0 saturated heterocycles. The standard InChI is InChI=1S/C9H6BrIOS/c10-3-5-1-2-7-8(9(5)11)6(12)4-13-7/h1-2,4,12H,3H2. The van der Waals surface area contributed by atoms with Gasteiger partial charge < -0.3 is 5.11 Å². The second kappa shape index (κ2) is 3.74. The zero-order valence-electron chi connectivity index (χ0n) is 6.55. The summed E-state index contributed by atoms with van der Waals surface area (Å²) >= 11 is 7.28. The van der Waals surface area contributed by atoms with E-state index in [1.807, 2.05) is 0 Å². The summed E-state index contributed by atoms with van der Waals surface area (Å²) in [5.41, 5.74) is 1.22. The lowest BCUT2D eigenvalue weighted by Gasteiger charge is -2.01. The van der Waals surface area contributed by atoms with Gasteiger partial charge in [-0.3, -0.25) is 0 Å². The van der Waals surface area contributed by atoms with Gasteiger partial charge in [0.1, 0.15) is 5.75 Å². The Morgan fingerprint density at radius 2 is 2.23 bits per heavy atom. The first-order valence-electron chi connectivity index (χ1n) is 3.67. The van der Waals surface area contributed by atoms with Crippen molar-refractivity contribution in [2.75, 3.05) is 0 Å². The molecule has 0 bridgehead atoms. The topological polar surface area (TPSA) is 20.2 Å². The predicted molar refractivity (Wildman–Crippen MR) is 68.8 cm³/mol. The van der Waals surface area contributed by atoms with Crippen LogP contribution in [0.4, 0.5) is 0 Å². The van der Waals surface area contributed by atoms with Crippen LogP contribution >= 0.6 is 49.9 Å². The third-order valence-corrected chi connectivity index (χ3v) is 4.65. The summed E-state index contributed by atoms with van der Waals surface area (Å²) in [5.74, 6) is 0.396. The molecule has 68 valence electrons. The maximum atomic E-state index is 9.60. The molecule has 13 heavy (non-hydrogen) atoms. The molecule has 0 aliphatic rings. The molecule has 0 spiro atoms. The van der Waals surface area contributed by atoms with Crippen molar-refractivity contribution < 1.29 is 5.11 Å². The van der Waals surface area contributed by atoms with Gasteiger partial charge in [-0.15, -0.1) is 11.3 Å². The van der Waals surface area contributed by atoms with Crippen molar-refractivity contribution in [3.05, 3.63) is 26.6 Å². The fourth-order valence-corrected chi connectivity index (χ4v) is 4.16. The first-order chi connectivity index (χ1) is 6.24. The Bertz CT molecular complexity index is 452. The quantitative estimate of drug-likeness (QED) is 0.593. The number of halogens is 2. The molecule has 0 amide bonds. The minimum absolute atomic E-state index is 0.396. The summed E-state index contributed by atoms with van der Waals surface area (Å²) in [6.07, 6.45) is 0. The Labute approximate surface area is 102 Å². The zero-order valence-corrected chi connectivity index (χ0v) is 11.1. The van der Waals surface area contributed by atoms with Gasteiger partial charge in [0.15, 0.2) is 0 Å². The summed E-state index contributed by atoms with van der Waals surface area (Å²) in [5, 5.41) is 13.2. The molecule has 1 aromatic heterocycles. The molecular weight excluding hydrogens is 363 g/mol. The smallest absolute Gasteiger partial charge is 0.135 e. The van der Waals surface area contributed by atoms with E-state index in [-0.39, 0.29) is 0 Å². The SMILES string of the molecule is Oc1csc2ccc(CBr)c(I)c12. The molecular formula is C9H6BrIOS. The number of alkyl halides is 1. The number of aromatic hydroxyl groups is 1. The van der Waals surface area contributed by atoms with Crippen LogP contribution in [0, 0.1) is 3.57 Å². The van der Waals surface area contributed by atoms with Crippen LogP contribution in [-0.4, -0.2) is 5.11 Å². The Morgan fingerprint density at radius 1 is 1.46 bits per heavy atom. The van der Waals surface area contributed by atoms with E-state index in [2.05, 4.69) is 50.7 Å². The van der Waals surface area contributed by atoms with Crippen molar-refractivity contribution in [1.82, 2.24) is 0 Å². The second-order valence-electron chi connectivity index (χ2n) is 2.67. The second-order valence-corrected chi connectivity index (χ2v) is 5.22. The molecule has 0 atom stereocenters. The van der Waals surface area contributed by atoms with Crippen LogP contribution in [0.15, 0.2) is 17.5 Å². The van der Waals surface area contributed by atoms with Crippen LogP contribution in [0.3, 0.4) is 0 Å². The van der Waals surface area contributed by atoms with Crippen LogP contribution in [0.1, 0.15) is 5.56 Å². The highest BCUT2D eigenvalue weighted by Gasteiger charge is 2.09. The molecule has 0 fully saturated rings. The van der Waals surface area contributed by atoms with Crippen molar-refractivity contribution in [1.29, 1.82) is 0 Å². The average molecular weight is 369 g/mol. The van der Waals surface area contributed by atoms with E-state index in [1.54, 1.807) is 16.7 Å². The lowest BCUT2D eigenvalue weighted by molar-refractivity contribution is 0.483. The lowest BCUT2D eigenvalue weighted by atomic mass is 10.2. The molecule has 0 aliphatic carbocycles. The van der Waals surface area contributed by atoms with Crippen LogP contribution < -0.4 is 0 Å². The minimum atomic E-state index is 0.396. The van der Waals surface area contributed by atoms with Gasteiger partial charge in [-0.25, -0.2) is 0 Å². The van der Waals surface area contributed by atoms with Gasteiger partial charge in [-0.05, 0) is 34.2 Å². The number of hydrogen-bond acceptors (Lipinski definition) is 2. The van der Waals surface area contributed by atoms with Gasteiger partial charge in [0.25, 0.3) is 0 Å². The Balaban J connectivity index is 2.83. The largest absolute Gasteiger partial charge is 0.506 e. The zero-order chi connectivity index (χ0) is 9.42. The number of hydrogen-bond donors (Lipinski definition) is 1. The minimum Gasteiger partial charge on any atom is -0.506 e. The van der Waals surface area contributed by atoms with Crippen molar-refractivity contribution >= 4 is 59.9 Å². The molecule has 2 aromatic rings. The van der Waals surface area contributed by atoms with Crippen LogP contribution in [0.5, 0.6) is 5.75 Å². The summed E-state index contributed by atoms with van der Waals surface area (Å²) in [6, 6.07) is 4.15. The van der Waals surface area contributed by atoms with Crippen molar-refractivity contribution in [2.24, 2.45) is 0 Å². The Hall–Kier alpha value is 0.190. The van der Waals surface area contributed by atoms with E-state index < -0.39 is 0 Å². The highest BCUT2D eigenvalue weighted by atomic mass is 127. The number of thiophene rings is 1. The van der Waals surface area contributed by atoms with Gasteiger partial charge in [0, 0.05) is 24.4 Å². The van der Waals surface area contributed by atoms with Crippen LogP contribution in [-0.2, 0) is 5.33 Å². The maximum Gasteiger partial charge on any atom is 0.135 e. The molecule has 1 heterocycles. The average Bonchev–Trinajstić information content (AvgIpc) is 2.49. The van der Waals surface area contributed by atoms with Crippen LogP contribution in [0.2, 0.25) is 0 Å². The lowest BCUT2D eigenvalue weighted by Crippen LogP contribution is -1.83. The molecule has 1 N–H and O–H groups in total. The van der Waals surface area contributed by atoms with Crippen molar-refractivity contribution in [3.63, 3.8) is 0 Å². The van der Waals surface area contributed by atoms with E-state index in [1.165, 1.54) is 5.56 Å². The summed E-state index contributed by atoms with van der Waals surface area (Å²) in [4.78, 5) is 0. The first kappa shape index (κ1) is 9.73. The van der Waals surface area contributed by atoms with E-state index in [0.29, 0.717) is 5.75 Å². The van der Waals surface area contributed by atoms with Gasteiger partial charge in [0.05, 0.1) is 0 Å². The van der Waals surface area contributed by atoms with E-state index in [0.717, 1.165) is 19.0 Å². The monoisotopic (exact) mass is 368 g/mol. The summed E-state index contributed by atoms with van der Waals surface area (Å²) < 4.78 is 2.29. The van der Waals surface area contributed by atoms with Gasteiger partial charge in [-0.1, -0.05) is 22.0 Å². The highest BCUT2D eigenvalue weighted by molar-refractivity contribution is 14.1. The van der Waals surface area contributed by atoms with Gasteiger partial charge in [0.2, 0.25) is 0 Å². The summed E-state index contributed by atoms with van der Waals surface area (Å²) in [7, 11) is 0. The van der Waals surface area contributed by atoms with Crippen molar-refractivity contribution in [3.8, 4) is 5.75 Å². The van der Waals surface area contributed by atoms with Gasteiger partial charge >= 0.3 is 0 Å². The number of fused-ring (bicyclic) bond motifs is 1. The van der Waals surface area contributed by atoms with Crippen LogP contribution in [0.25, 0.3) is 10.1 Å². The fraction of sp³-hybridized carbons (Fsp3) is 0.111. The van der Waals surface area contributed by atoms with E-state index in [4.69, 9.17) is 0 Å². The van der Waals surface area contributed by atoms with Crippen molar-refractivity contribution in [2.45, 2.75) is 5.33 Å². The molecule has 0 saturated carbocycles. The first-order valence-corrected chi connectivity index (χ1v) is 6.75. The normalized spacial score (nSPS) is 10.9. The highest BCUT2D eigenvalue weighted by Crippen LogP contribution is 2.36. The van der Waals surface area contributed by atoms with Gasteiger partial charge in [-0.2, -0.15) is 0 Å². The molecule has 1 nitrogen and oxygen atoms in total. The predicted octanol–water partition coefficient (Wildman–Crippen LogP) is 4.11. The third-order valence-electron chi connectivity index (χ3n) is 1.88. The molecule has 0 radical (unpaired) electrons. The molecule has 2 rings (SSSR count). The fourth-order valence-electron chi connectivity index (χ4n) is 1.22. The maximum absolute atomic E-state index is 9.60. The third kappa shape index (κ3) is 1.59. The van der Waals surface area contributed by atoms with E-state index >= 15 is 0 Å². The molecule has 1 aromatic carbocycles. The number of rotatable bonds is 1. The van der Waals surface area contributed by atoms with E-state index in [9.17, 15) is 5.11 Å². The molecule has 4 heteroatoms.